The predicted molar refractivity (Wildman–Crippen MR) is 216 cm³/mol. The largest absolute Gasteiger partial charge is 0.456 e. The minimum atomic E-state index is -0.451. The van der Waals surface area contributed by atoms with Gasteiger partial charge in [-0.25, -0.2) is 0 Å². The van der Waals surface area contributed by atoms with Crippen molar-refractivity contribution < 1.29 is 4.42 Å². The molecule has 1 spiro atoms. The summed E-state index contributed by atoms with van der Waals surface area (Å²) < 4.78 is 6.54. The molecule has 1 aromatic heterocycles. The molecule has 0 fully saturated rings. The van der Waals surface area contributed by atoms with Crippen LogP contribution in [0.25, 0.3) is 88.0 Å². The molecule has 0 amide bonds. The van der Waals surface area contributed by atoms with E-state index in [9.17, 15) is 0 Å². The Balaban J connectivity index is 1.18. The predicted octanol–water partition coefficient (Wildman–Crippen LogP) is 13.6. The Morgan fingerprint density at radius 3 is 1.73 bits per heavy atom. The van der Waals surface area contributed by atoms with Gasteiger partial charge in [0.2, 0.25) is 0 Å². The van der Waals surface area contributed by atoms with Crippen LogP contribution in [0.1, 0.15) is 22.3 Å². The summed E-state index contributed by atoms with van der Waals surface area (Å²) in [6, 6.07) is 67.4. The first-order valence-corrected chi connectivity index (χ1v) is 18.1. The summed E-state index contributed by atoms with van der Waals surface area (Å²) >= 11 is 0. The molecule has 0 unspecified atom stereocenters. The average molecular weight is 659 g/mol. The maximum absolute atomic E-state index is 6.54. The fourth-order valence-corrected chi connectivity index (χ4v) is 9.70. The van der Waals surface area contributed by atoms with Crippen LogP contribution in [-0.2, 0) is 5.41 Å². The summed E-state index contributed by atoms with van der Waals surface area (Å²) in [5.41, 5.74) is 16.9. The Hall–Kier alpha value is -6.70. The van der Waals surface area contributed by atoms with Crippen LogP contribution in [-0.4, -0.2) is 0 Å². The van der Waals surface area contributed by atoms with E-state index < -0.39 is 5.41 Å². The van der Waals surface area contributed by atoms with E-state index in [0.29, 0.717) is 0 Å². The molecule has 0 N–H and O–H groups in total. The van der Waals surface area contributed by atoms with E-state index in [-0.39, 0.29) is 0 Å². The van der Waals surface area contributed by atoms with E-state index in [1.807, 2.05) is 0 Å². The number of furan rings is 1. The van der Waals surface area contributed by atoms with Crippen LogP contribution in [0.5, 0.6) is 0 Å². The highest BCUT2D eigenvalue weighted by Crippen LogP contribution is 2.63. The molecule has 9 aromatic carbocycles. The molecule has 0 saturated carbocycles. The third kappa shape index (κ3) is 3.57. The highest BCUT2D eigenvalue weighted by atomic mass is 16.3. The van der Waals surface area contributed by atoms with Crippen LogP contribution < -0.4 is 0 Å². The highest BCUT2D eigenvalue weighted by Gasteiger charge is 2.51. The van der Waals surface area contributed by atoms with Crippen molar-refractivity contribution in [3.63, 3.8) is 0 Å². The molecule has 0 radical (unpaired) electrons. The summed E-state index contributed by atoms with van der Waals surface area (Å²) in [6.07, 6.45) is 0. The first-order chi connectivity index (χ1) is 25.8. The van der Waals surface area contributed by atoms with Gasteiger partial charge in [-0.2, -0.15) is 0 Å². The molecular formula is C51H30O. The van der Waals surface area contributed by atoms with Crippen LogP contribution in [0, 0.1) is 0 Å². The molecule has 52 heavy (non-hydrogen) atoms. The Morgan fingerprint density at radius 1 is 0.308 bits per heavy atom. The van der Waals surface area contributed by atoms with Crippen LogP contribution in [0.3, 0.4) is 0 Å². The molecule has 0 atom stereocenters. The number of rotatable bonds is 2. The van der Waals surface area contributed by atoms with E-state index in [4.69, 9.17) is 4.42 Å². The van der Waals surface area contributed by atoms with E-state index in [1.165, 1.54) is 93.7 Å². The van der Waals surface area contributed by atoms with Crippen molar-refractivity contribution >= 4 is 43.5 Å². The fourth-order valence-electron chi connectivity index (χ4n) is 9.70. The second-order valence-corrected chi connectivity index (χ2v) is 14.4. The van der Waals surface area contributed by atoms with Gasteiger partial charge < -0.3 is 4.42 Å². The monoisotopic (exact) mass is 658 g/mol. The zero-order valence-corrected chi connectivity index (χ0v) is 28.2. The minimum Gasteiger partial charge on any atom is -0.456 e. The molecule has 2 aliphatic rings. The first kappa shape index (κ1) is 28.0. The topological polar surface area (TPSA) is 13.1 Å². The lowest BCUT2D eigenvalue weighted by Gasteiger charge is -2.31. The molecule has 1 heterocycles. The quantitative estimate of drug-likeness (QED) is 0.180. The second-order valence-electron chi connectivity index (χ2n) is 14.4. The average Bonchev–Trinajstić information content (AvgIpc) is 3.82. The van der Waals surface area contributed by atoms with Crippen LogP contribution in [0.2, 0.25) is 0 Å². The normalized spacial score (nSPS) is 13.5. The van der Waals surface area contributed by atoms with Crippen molar-refractivity contribution in [3.05, 3.63) is 204 Å². The van der Waals surface area contributed by atoms with Gasteiger partial charge in [-0.3, -0.25) is 0 Å². The number of hydrogen-bond donors (Lipinski definition) is 0. The standard InChI is InChI=1S/C51H30O/c1-2-12-31(13-3-1)36-19-10-16-34-27-47-42(30-41(34)36)40-25-24-35(28-46(40)51(47)44-21-8-6-17-38(44)39-18-7-9-22-45(39)51)37-20-11-23-48-50(37)43-26-32-14-4-5-15-33(32)29-49(43)52-48/h1-30H. The Morgan fingerprint density at radius 2 is 0.923 bits per heavy atom. The zero-order chi connectivity index (χ0) is 34.0. The molecule has 10 aromatic rings. The van der Waals surface area contributed by atoms with Crippen molar-refractivity contribution in [2.45, 2.75) is 5.41 Å². The summed E-state index contributed by atoms with van der Waals surface area (Å²) in [5.74, 6) is 0. The van der Waals surface area contributed by atoms with Gasteiger partial charge in [0.05, 0.1) is 5.41 Å². The third-order valence-electron chi connectivity index (χ3n) is 11.8. The maximum atomic E-state index is 6.54. The summed E-state index contributed by atoms with van der Waals surface area (Å²) in [6.45, 7) is 0. The molecule has 1 nitrogen and oxygen atoms in total. The Labute approximate surface area is 301 Å². The van der Waals surface area contributed by atoms with Gasteiger partial charge in [-0.15, -0.1) is 0 Å². The zero-order valence-electron chi connectivity index (χ0n) is 28.2. The van der Waals surface area contributed by atoms with Crippen molar-refractivity contribution in [2.75, 3.05) is 0 Å². The first-order valence-electron chi connectivity index (χ1n) is 18.1. The SMILES string of the molecule is c1ccc(-c2cccc3cc4c(cc23)-c2ccc(-c3cccc5oc6cc7ccccc7cc6c35)cc2C42c3ccccc3-c3ccccc32)cc1. The maximum Gasteiger partial charge on any atom is 0.136 e. The fraction of sp³-hybridized carbons (Fsp3) is 0.0196. The van der Waals surface area contributed by atoms with Crippen LogP contribution in [0.15, 0.2) is 186 Å². The van der Waals surface area contributed by atoms with Crippen LogP contribution in [0.4, 0.5) is 0 Å². The van der Waals surface area contributed by atoms with Gasteiger partial charge in [0.15, 0.2) is 0 Å². The number of fused-ring (bicyclic) bond motifs is 15. The molecule has 12 rings (SSSR count). The summed E-state index contributed by atoms with van der Waals surface area (Å²) in [5, 5.41) is 7.26. The number of hydrogen-bond acceptors (Lipinski definition) is 1. The Kier molecular flexibility index (Phi) is 5.49. The van der Waals surface area contributed by atoms with Gasteiger partial charge in [-0.05, 0) is 125 Å². The molecular weight excluding hydrogens is 629 g/mol. The molecule has 1 heteroatoms. The van der Waals surface area contributed by atoms with Crippen molar-refractivity contribution in [2.24, 2.45) is 0 Å². The third-order valence-corrected chi connectivity index (χ3v) is 11.8. The summed E-state index contributed by atoms with van der Waals surface area (Å²) in [7, 11) is 0. The van der Waals surface area contributed by atoms with Crippen molar-refractivity contribution in [1.82, 2.24) is 0 Å². The second kappa shape index (κ2) is 10.2. The minimum absolute atomic E-state index is 0.451. The highest BCUT2D eigenvalue weighted by molar-refractivity contribution is 6.16. The van der Waals surface area contributed by atoms with E-state index in [2.05, 4.69) is 182 Å². The Bertz CT molecular complexity index is 3080. The lowest BCUT2D eigenvalue weighted by atomic mass is 9.70. The van der Waals surface area contributed by atoms with Crippen molar-refractivity contribution in [1.29, 1.82) is 0 Å². The lowest BCUT2D eigenvalue weighted by molar-refractivity contribution is 0.669. The molecule has 0 saturated heterocycles. The van der Waals surface area contributed by atoms with Gasteiger partial charge in [0.25, 0.3) is 0 Å². The van der Waals surface area contributed by atoms with Gasteiger partial charge in [0.1, 0.15) is 11.2 Å². The van der Waals surface area contributed by atoms with Crippen molar-refractivity contribution in [3.8, 4) is 44.5 Å². The van der Waals surface area contributed by atoms with Gasteiger partial charge >= 0.3 is 0 Å². The van der Waals surface area contributed by atoms with Gasteiger partial charge in [-0.1, -0.05) is 146 Å². The van der Waals surface area contributed by atoms with E-state index in [0.717, 1.165) is 16.6 Å². The molecule has 0 bridgehead atoms. The molecule has 2 aliphatic carbocycles. The van der Waals surface area contributed by atoms with E-state index in [1.54, 1.807) is 0 Å². The number of benzene rings is 9. The molecule has 0 aliphatic heterocycles. The molecule has 240 valence electrons. The van der Waals surface area contributed by atoms with Gasteiger partial charge in [0, 0.05) is 10.8 Å². The van der Waals surface area contributed by atoms with E-state index >= 15 is 0 Å². The van der Waals surface area contributed by atoms with Crippen LogP contribution >= 0.6 is 0 Å². The lowest BCUT2D eigenvalue weighted by Crippen LogP contribution is -2.25. The summed E-state index contributed by atoms with van der Waals surface area (Å²) in [4.78, 5) is 0. The smallest absolute Gasteiger partial charge is 0.136 e.